The van der Waals surface area contributed by atoms with Gasteiger partial charge in [-0.1, -0.05) is 47.5 Å². The lowest BCUT2D eigenvalue weighted by atomic mass is 10.1. The average Bonchev–Trinajstić information content (AvgIpc) is 2.49. The van der Waals surface area contributed by atoms with Gasteiger partial charge in [0.2, 0.25) is 0 Å². The number of carbonyl (C=O) groups excluding carboxylic acids is 1. The summed E-state index contributed by atoms with van der Waals surface area (Å²) in [5.41, 5.74) is 3.84. The Balaban J connectivity index is 2.17. The topological polar surface area (TPSA) is 52.9 Å². The summed E-state index contributed by atoms with van der Waals surface area (Å²) in [6.07, 6.45) is 1.59. The van der Waals surface area contributed by atoms with E-state index < -0.39 is 5.91 Å². The summed E-state index contributed by atoms with van der Waals surface area (Å²) in [5.74, 6) is -0.401. The molecule has 1 N–H and O–H groups in total. The zero-order valence-electron chi connectivity index (χ0n) is 12.1. The minimum absolute atomic E-state index is 0.0828. The van der Waals surface area contributed by atoms with Gasteiger partial charge in [0.15, 0.2) is 0 Å². The van der Waals surface area contributed by atoms with Crippen molar-refractivity contribution in [3.63, 3.8) is 0 Å². The summed E-state index contributed by atoms with van der Waals surface area (Å²) in [5, 5.41) is 11.9. The number of hydrogen-bond acceptors (Lipinski definition) is 2. The molecule has 2 aromatic rings. The molecule has 0 heterocycles. The monoisotopic (exact) mass is 276 g/mol. The first-order valence-corrected chi connectivity index (χ1v) is 6.65. The highest BCUT2D eigenvalue weighted by Crippen LogP contribution is 2.12. The SMILES string of the molecule is Cc1ccc(/C=C(/C#N)C(=O)Nc2ccc(C)cc2)cc1. The van der Waals surface area contributed by atoms with Crippen LogP contribution in [0, 0.1) is 25.2 Å². The average molecular weight is 276 g/mol. The number of amides is 1. The van der Waals surface area contributed by atoms with Crippen LogP contribution >= 0.6 is 0 Å². The maximum Gasteiger partial charge on any atom is 0.266 e. The predicted molar refractivity (Wildman–Crippen MR) is 84.6 cm³/mol. The minimum atomic E-state index is -0.401. The number of benzene rings is 2. The molecule has 0 aliphatic rings. The van der Waals surface area contributed by atoms with Gasteiger partial charge in [0.05, 0.1) is 0 Å². The smallest absolute Gasteiger partial charge is 0.266 e. The van der Waals surface area contributed by atoms with Crippen LogP contribution < -0.4 is 5.32 Å². The van der Waals surface area contributed by atoms with Crippen molar-refractivity contribution in [1.82, 2.24) is 0 Å². The van der Waals surface area contributed by atoms with E-state index in [1.54, 1.807) is 6.08 Å². The second-order valence-electron chi connectivity index (χ2n) is 4.90. The lowest BCUT2D eigenvalue weighted by Crippen LogP contribution is -2.13. The van der Waals surface area contributed by atoms with Gasteiger partial charge in [0.1, 0.15) is 11.6 Å². The molecule has 3 heteroatoms. The summed E-state index contributed by atoms with van der Waals surface area (Å²) in [4.78, 5) is 12.1. The Morgan fingerprint density at radius 2 is 1.52 bits per heavy atom. The van der Waals surface area contributed by atoms with Crippen LogP contribution in [-0.4, -0.2) is 5.91 Å². The third-order valence-electron chi connectivity index (χ3n) is 3.06. The molecule has 0 aromatic heterocycles. The molecule has 3 nitrogen and oxygen atoms in total. The Kier molecular flexibility index (Phi) is 4.53. The van der Waals surface area contributed by atoms with Crippen LogP contribution in [0.5, 0.6) is 0 Å². The van der Waals surface area contributed by atoms with E-state index >= 15 is 0 Å². The van der Waals surface area contributed by atoms with E-state index in [4.69, 9.17) is 5.26 Å². The van der Waals surface area contributed by atoms with Gasteiger partial charge >= 0.3 is 0 Å². The first kappa shape index (κ1) is 14.5. The number of hydrogen-bond donors (Lipinski definition) is 1. The lowest BCUT2D eigenvalue weighted by Gasteiger charge is -2.04. The fourth-order valence-electron chi connectivity index (χ4n) is 1.81. The zero-order chi connectivity index (χ0) is 15.2. The molecule has 21 heavy (non-hydrogen) atoms. The highest BCUT2D eigenvalue weighted by Gasteiger charge is 2.09. The van der Waals surface area contributed by atoms with Gasteiger partial charge in [-0.25, -0.2) is 0 Å². The van der Waals surface area contributed by atoms with Crippen LogP contribution in [0.4, 0.5) is 5.69 Å². The number of nitriles is 1. The molecule has 0 fully saturated rings. The van der Waals surface area contributed by atoms with Crippen LogP contribution in [0.3, 0.4) is 0 Å². The molecule has 0 unspecified atom stereocenters. The van der Waals surface area contributed by atoms with Crippen molar-refractivity contribution in [2.75, 3.05) is 5.32 Å². The highest BCUT2D eigenvalue weighted by atomic mass is 16.1. The van der Waals surface area contributed by atoms with Gasteiger partial charge in [-0.3, -0.25) is 4.79 Å². The standard InChI is InChI=1S/C18H16N2O/c1-13-3-7-15(8-4-13)11-16(12-19)18(21)20-17-9-5-14(2)6-10-17/h3-11H,1-2H3,(H,20,21)/b16-11-. The molecule has 0 saturated carbocycles. The molecular formula is C18H16N2O. The third kappa shape index (κ3) is 4.05. The fraction of sp³-hybridized carbons (Fsp3) is 0.111. The largest absolute Gasteiger partial charge is 0.321 e. The summed E-state index contributed by atoms with van der Waals surface area (Å²) >= 11 is 0. The van der Waals surface area contributed by atoms with Gasteiger partial charge in [0.25, 0.3) is 5.91 Å². The predicted octanol–water partition coefficient (Wildman–Crippen LogP) is 3.85. The second kappa shape index (κ2) is 6.53. The van der Waals surface area contributed by atoms with Crippen molar-refractivity contribution in [2.24, 2.45) is 0 Å². The summed E-state index contributed by atoms with van der Waals surface area (Å²) < 4.78 is 0. The summed E-state index contributed by atoms with van der Waals surface area (Å²) in [6.45, 7) is 3.96. The van der Waals surface area contributed by atoms with E-state index in [0.29, 0.717) is 5.69 Å². The zero-order valence-corrected chi connectivity index (χ0v) is 12.1. The number of carbonyl (C=O) groups is 1. The van der Waals surface area contributed by atoms with Crippen molar-refractivity contribution in [1.29, 1.82) is 5.26 Å². The van der Waals surface area contributed by atoms with E-state index in [9.17, 15) is 4.79 Å². The number of aryl methyl sites for hydroxylation is 2. The van der Waals surface area contributed by atoms with E-state index in [1.807, 2.05) is 68.4 Å². The van der Waals surface area contributed by atoms with Gasteiger partial charge < -0.3 is 5.32 Å². The number of rotatable bonds is 3. The summed E-state index contributed by atoms with van der Waals surface area (Å²) in [7, 11) is 0. The first-order chi connectivity index (χ1) is 10.1. The van der Waals surface area contributed by atoms with Gasteiger partial charge in [-0.05, 0) is 37.6 Å². The molecule has 0 aliphatic carbocycles. The van der Waals surface area contributed by atoms with E-state index in [1.165, 1.54) is 0 Å². The fourth-order valence-corrected chi connectivity index (χ4v) is 1.81. The van der Waals surface area contributed by atoms with E-state index in [-0.39, 0.29) is 5.57 Å². The molecule has 1 amide bonds. The number of nitrogens with zero attached hydrogens (tertiary/aromatic N) is 1. The second-order valence-corrected chi connectivity index (χ2v) is 4.90. The maximum atomic E-state index is 12.1. The molecule has 0 radical (unpaired) electrons. The minimum Gasteiger partial charge on any atom is -0.321 e. The maximum absolute atomic E-state index is 12.1. The quantitative estimate of drug-likeness (QED) is 0.684. The molecule has 0 aliphatic heterocycles. The van der Waals surface area contributed by atoms with Crippen LogP contribution in [0.25, 0.3) is 6.08 Å². The van der Waals surface area contributed by atoms with Crippen LogP contribution in [0.1, 0.15) is 16.7 Å². The normalized spacial score (nSPS) is 10.8. The van der Waals surface area contributed by atoms with Crippen LogP contribution in [0.15, 0.2) is 54.1 Å². The van der Waals surface area contributed by atoms with E-state index in [2.05, 4.69) is 5.32 Å². The Morgan fingerprint density at radius 1 is 1.00 bits per heavy atom. The molecule has 2 rings (SSSR count). The Hall–Kier alpha value is -2.86. The van der Waals surface area contributed by atoms with Crippen LogP contribution in [-0.2, 0) is 4.79 Å². The van der Waals surface area contributed by atoms with Gasteiger partial charge in [0, 0.05) is 5.69 Å². The van der Waals surface area contributed by atoms with Gasteiger partial charge in [-0.15, -0.1) is 0 Å². The molecule has 0 spiro atoms. The number of anilines is 1. The first-order valence-electron chi connectivity index (χ1n) is 6.65. The third-order valence-corrected chi connectivity index (χ3v) is 3.06. The molecule has 0 saturated heterocycles. The van der Waals surface area contributed by atoms with Crippen molar-refractivity contribution in [2.45, 2.75) is 13.8 Å². The highest BCUT2D eigenvalue weighted by molar-refractivity contribution is 6.09. The van der Waals surface area contributed by atoms with Crippen molar-refractivity contribution >= 4 is 17.7 Å². The van der Waals surface area contributed by atoms with Gasteiger partial charge in [-0.2, -0.15) is 5.26 Å². The van der Waals surface area contributed by atoms with E-state index in [0.717, 1.165) is 16.7 Å². The van der Waals surface area contributed by atoms with Crippen molar-refractivity contribution in [3.8, 4) is 6.07 Å². The Morgan fingerprint density at radius 3 is 2.05 bits per heavy atom. The molecule has 0 bridgehead atoms. The summed E-state index contributed by atoms with van der Waals surface area (Å²) in [6, 6.07) is 17.0. The molecule has 0 atom stereocenters. The Bertz CT molecular complexity index is 704. The number of nitrogens with one attached hydrogen (secondary N) is 1. The molecule has 2 aromatic carbocycles. The van der Waals surface area contributed by atoms with Crippen LogP contribution in [0.2, 0.25) is 0 Å². The van der Waals surface area contributed by atoms with Crippen molar-refractivity contribution in [3.05, 3.63) is 70.8 Å². The van der Waals surface area contributed by atoms with Crippen molar-refractivity contribution < 1.29 is 4.79 Å². The lowest BCUT2D eigenvalue weighted by molar-refractivity contribution is -0.112. The molecular weight excluding hydrogens is 260 g/mol. The molecule has 104 valence electrons. The Labute approximate surface area is 124 Å².